The maximum absolute atomic E-state index is 6.40. The van der Waals surface area contributed by atoms with Gasteiger partial charge in [-0.05, 0) is 53.1 Å². The van der Waals surface area contributed by atoms with Gasteiger partial charge in [-0.1, -0.05) is 115 Å². The normalized spacial score (nSPS) is 16.4. The van der Waals surface area contributed by atoms with Gasteiger partial charge in [-0.15, -0.1) is 22.7 Å². The SMILES string of the molecule is c1ccc(C2=NC(c3ccc4c(c3)sc3ccc(-c5cccc6c5oc5ccccc56)cc34)NC(c3ccc4c(c3)sc3ccccc34)N2)cc1. The standard InChI is InChI=1S/C45H29N3OS2/c1-2-9-26(10-3-1)43-46-44(28-17-20-33-32-12-5-7-16-38(32)50-40(33)24-28)48-45(47-43)29-18-21-34-36-23-27(19-22-39(36)51-41(34)25-29)30-13-8-14-35-31-11-4-6-15-37(31)49-42(30)35/h1-25,44-45,48H,(H,46,47). The number of hydrogen-bond acceptors (Lipinski definition) is 6. The van der Waals surface area contributed by atoms with Gasteiger partial charge in [-0.2, -0.15) is 0 Å². The van der Waals surface area contributed by atoms with Crippen molar-refractivity contribution in [2.24, 2.45) is 4.99 Å². The Hall–Kier alpha value is -5.79. The molecule has 0 amide bonds. The van der Waals surface area contributed by atoms with Gasteiger partial charge in [0.05, 0.1) is 0 Å². The molecule has 0 radical (unpaired) electrons. The van der Waals surface area contributed by atoms with Crippen LogP contribution in [-0.2, 0) is 0 Å². The van der Waals surface area contributed by atoms with Gasteiger partial charge >= 0.3 is 0 Å². The van der Waals surface area contributed by atoms with Crippen molar-refractivity contribution in [1.82, 2.24) is 10.6 Å². The van der Waals surface area contributed by atoms with Crippen LogP contribution in [0.2, 0.25) is 0 Å². The fourth-order valence-corrected chi connectivity index (χ4v) is 9.96. The summed E-state index contributed by atoms with van der Waals surface area (Å²) in [5.74, 6) is 0.890. The van der Waals surface area contributed by atoms with Crippen molar-refractivity contribution in [3.05, 3.63) is 168 Å². The second kappa shape index (κ2) is 11.4. The molecule has 4 nitrogen and oxygen atoms in total. The molecule has 3 aromatic heterocycles. The summed E-state index contributed by atoms with van der Waals surface area (Å²) < 4.78 is 11.5. The van der Waals surface area contributed by atoms with E-state index in [4.69, 9.17) is 9.41 Å². The number of hydrogen-bond donors (Lipinski definition) is 2. The predicted octanol–water partition coefficient (Wildman–Crippen LogP) is 12.3. The van der Waals surface area contributed by atoms with Crippen molar-refractivity contribution in [3.8, 4) is 11.1 Å². The lowest BCUT2D eigenvalue weighted by molar-refractivity contribution is 0.409. The quantitative estimate of drug-likeness (QED) is 0.193. The fourth-order valence-electron chi connectivity index (χ4n) is 7.67. The van der Waals surface area contributed by atoms with Crippen molar-refractivity contribution in [3.63, 3.8) is 0 Å². The largest absolute Gasteiger partial charge is 0.455 e. The van der Waals surface area contributed by atoms with Crippen molar-refractivity contribution >= 4 is 90.8 Å². The second-order valence-corrected chi connectivity index (χ2v) is 15.4. The number of amidine groups is 1. The van der Waals surface area contributed by atoms with Crippen LogP contribution in [0.15, 0.2) is 161 Å². The number of aliphatic imine (C=N–C) groups is 1. The molecular weight excluding hydrogens is 663 g/mol. The third-order valence-electron chi connectivity index (χ3n) is 10.2. The van der Waals surface area contributed by atoms with E-state index in [0.717, 1.165) is 50.0 Å². The first-order valence-electron chi connectivity index (χ1n) is 17.2. The molecule has 2 unspecified atom stereocenters. The van der Waals surface area contributed by atoms with Gasteiger partial charge in [0.25, 0.3) is 0 Å². The monoisotopic (exact) mass is 691 g/mol. The number of nitrogens with zero attached hydrogens (tertiary/aromatic N) is 1. The van der Waals surface area contributed by atoms with Crippen molar-refractivity contribution in [2.75, 3.05) is 0 Å². The Morgan fingerprint density at radius 2 is 1.18 bits per heavy atom. The van der Waals surface area contributed by atoms with Gasteiger partial charge < -0.3 is 9.73 Å². The van der Waals surface area contributed by atoms with E-state index in [2.05, 4.69) is 144 Å². The molecule has 0 fully saturated rings. The lowest BCUT2D eigenvalue weighted by Crippen LogP contribution is -2.44. The van der Waals surface area contributed by atoms with E-state index in [9.17, 15) is 0 Å². The van der Waals surface area contributed by atoms with Crippen LogP contribution in [0.1, 0.15) is 29.0 Å². The average Bonchev–Trinajstić information content (AvgIpc) is 3.88. The van der Waals surface area contributed by atoms with Crippen LogP contribution in [0.5, 0.6) is 0 Å². The minimum atomic E-state index is -0.222. The van der Waals surface area contributed by atoms with Crippen LogP contribution in [-0.4, -0.2) is 5.84 Å². The van der Waals surface area contributed by atoms with E-state index >= 15 is 0 Å². The first-order valence-corrected chi connectivity index (χ1v) is 18.8. The highest BCUT2D eigenvalue weighted by molar-refractivity contribution is 7.26. The van der Waals surface area contributed by atoms with Gasteiger partial charge in [0.15, 0.2) is 0 Å². The van der Waals surface area contributed by atoms with Crippen molar-refractivity contribution in [2.45, 2.75) is 12.3 Å². The maximum Gasteiger partial charge on any atom is 0.143 e. The van der Waals surface area contributed by atoms with Crippen LogP contribution < -0.4 is 10.6 Å². The molecule has 2 atom stereocenters. The molecule has 0 spiro atoms. The van der Waals surface area contributed by atoms with Gasteiger partial charge in [-0.3, -0.25) is 5.32 Å². The fraction of sp³-hybridized carbons (Fsp3) is 0.0444. The smallest absolute Gasteiger partial charge is 0.143 e. The molecule has 2 N–H and O–H groups in total. The molecule has 1 aliphatic rings. The summed E-state index contributed by atoms with van der Waals surface area (Å²) in [5, 5.41) is 15.0. The van der Waals surface area contributed by atoms with E-state index in [0.29, 0.717) is 0 Å². The van der Waals surface area contributed by atoms with Crippen molar-refractivity contribution in [1.29, 1.82) is 0 Å². The second-order valence-electron chi connectivity index (χ2n) is 13.2. The average molecular weight is 692 g/mol. The van der Waals surface area contributed by atoms with Gasteiger partial charge in [0.1, 0.15) is 29.3 Å². The first-order chi connectivity index (χ1) is 25.2. The Bertz CT molecular complexity index is 3010. The topological polar surface area (TPSA) is 49.6 Å². The zero-order valence-electron chi connectivity index (χ0n) is 27.3. The first kappa shape index (κ1) is 29.0. The number of fused-ring (bicyclic) bond motifs is 9. The summed E-state index contributed by atoms with van der Waals surface area (Å²) in [7, 11) is 0. The Labute approximate surface area is 301 Å². The van der Waals surface area contributed by atoms with Crippen molar-refractivity contribution < 1.29 is 4.42 Å². The molecule has 4 heterocycles. The molecule has 7 aromatic carbocycles. The molecule has 10 aromatic rings. The van der Waals surface area contributed by atoms with E-state index < -0.39 is 0 Å². The van der Waals surface area contributed by atoms with Gasteiger partial charge in [-0.25, -0.2) is 4.99 Å². The minimum Gasteiger partial charge on any atom is -0.455 e. The van der Waals surface area contributed by atoms with Crippen LogP contribution >= 0.6 is 22.7 Å². The van der Waals surface area contributed by atoms with E-state index in [-0.39, 0.29) is 12.3 Å². The van der Waals surface area contributed by atoms with Crippen LogP contribution in [0, 0.1) is 0 Å². The number of thiophene rings is 2. The number of nitrogens with one attached hydrogen (secondary N) is 2. The molecule has 242 valence electrons. The van der Waals surface area contributed by atoms with E-state index in [1.165, 1.54) is 45.9 Å². The Kier molecular flexibility index (Phi) is 6.46. The van der Waals surface area contributed by atoms with Gasteiger partial charge in [0, 0.05) is 62.2 Å². The molecule has 0 bridgehead atoms. The molecule has 0 aliphatic carbocycles. The molecule has 1 aliphatic heterocycles. The Morgan fingerprint density at radius 1 is 0.490 bits per heavy atom. The highest BCUT2D eigenvalue weighted by Crippen LogP contribution is 2.41. The van der Waals surface area contributed by atoms with E-state index in [1.807, 2.05) is 40.9 Å². The van der Waals surface area contributed by atoms with Gasteiger partial charge in [0.2, 0.25) is 0 Å². The molecule has 51 heavy (non-hydrogen) atoms. The summed E-state index contributed by atoms with van der Waals surface area (Å²) >= 11 is 3.68. The number of rotatable bonds is 4. The summed E-state index contributed by atoms with van der Waals surface area (Å²) in [6, 6.07) is 54.3. The van der Waals surface area contributed by atoms with Crippen LogP contribution in [0.25, 0.3) is 73.4 Å². The minimum absolute atomic E-state index is 0.112. The van der Waals surface area contributed by atoms with Crippen LogP contribution in [0.4, 0.5) is 0 Å². The molecule has 0 saturated heterocycles. The molecule has 11 rings (SSSR count). The lowest BCUT2D eigenvalue weighted by Gasteiger charge is -2.32. The predicted molar refractivity (Wildman–Crippen MR) is 216 cm³/mol. The summed E-state index contributed by atoms with van der Waals surface area (Å²) in [4.78, 5) is 5.25. The number of para-hydroxylation sites is 2. The highest BCUT2D eigenvalue weighted by atomic mass is 32.1. The third kappa shape index (κ3) is 4.72. The molecular formula is C45H29N3OS2. The molecule has 0 saturated carbocycles. The Morgan fingerprint density at radius 3 is 2.06 bits per heavy atom. The zero-order valence-corrected chi connectivity index (χ0v) is 28.9. The third-order valence-corrected chi connectivity index (χ3v) is 12.4. The van der Waals surface area contributed by atoms with Crippen LogP contribution in [0.3, 0.4) is 0 Å². The maximum atomic E-state index is 6.40. The lowest BCUT2D eigenvalue weighted by atomic mass is 10.00. The summed E-state index contributed by atoms with van der Waals surface area (Å²) in [6.07, 6.45) is -0.334. The summed E-state index contributed by atoms with van der Waals surface area (Å²) in [6.45, 7) is 0. The van der Waals surface area contributed by atoms with E-state index in [1.54, 1.807) is 0 Å². The molecule has 6 heteroatoms. The number of benzene rings is 7. The highest BCUT2D eigenvalue weighted by Gasteiger charge is 2.26. The number of furan rings is 1. The Balaban J connectivity index is 0.988. The zero-order chi connectivity index (χ0) is 33.5. The summed E-state index contributed by atoms with van der Waals surface area (Å²) in [5.41, 5.74) is 7.54.